The van der Waals surface area contributed by atoms with Crippen LogP contribution in [-0.2, 0) is 0 Å². The van der Waals surface area contributed by atoms with Crippen molar-refractivity contribution < 1.29 is 4.79 Å². The highest BCUT2D eigenvalue weighted by molar-refractivity contribution is 6.34. The molecule has 1 N–H and O–H groups in total. The van der Waals surface area contributed by atoms with Crippen molar-refractivity contribution in [2.75, 3.05) is 6.54 Å². The van der Waals surface area contributed by atoms with Gasteiger partial charge in [0.15, 0.2) is 0 Å². The summed E-state index contributed by atoms with van der Waals surface area (Å²) in [7, 11) is 0. The molecule has 0 bridgehead atoms. The van der Waals surface area contributed by atoms with E-state index in [1.165, 1.54) is 12.1 Å². The molecule has 0 radical (unpaired) electrons. The normalized spacial score (nSPS) is 9.57. The van der Waals surface area contributed by atoms with Crippen LogP contribution < -0.4 is 5.32 Å². The van der Waals surface area contributed by atoms with Gasteiger partial charge in [-0.05, 0) is 12.1 Å². The van der Waals surface area contributed by atoms with Crippen LogP contribution in [0.1, 0.15) is 10.5 Å². The number of hydrogen-bond donors (Lipinski definition) is 1. The number of carbonyl (C=O) groups is 1. The molecule has 0 fully saturated rings. The molecule has 74 valence electrons. The van der Waals surface area contributed by atoms with Crippen molar-refractivity contribution in [3.63, 3.8) is 0 Å². The lowest BCUT2D eigenvalue weighted by molar-refractivity contribution is 0.0953. The van der Waals surface area contributed by atoms with E-state index in [2.05, 4.69) is 16.9 Å². The first-order valence-electron chi connectivity index (χ1n) is 3.86. The highest BCUT2D eigenvalue weighted by Gasteiger charge is 2.11. The maximum atomic E-state index is 11.4. The van der Waals surface area contributed by atoms with Gasteiger partial charge in [-0.3, -0.25) is 4.79 Å². The molecule has 3 nitrogen and oxygen atoms in total. The SMILES string of the molecule is C=CCNC(=O)c1nc(Cl)ccc1Cl. The maximum absolute atomic E-state index is 11.4. The average molecular weight is 231 g/mol. The maximum Gasteiger partial charge on any atom is 0.271 e. The Morgan fingerprint density at radius 3 is 2.93 bits per heavy atom. The third-order valence-electron chi connectivity index (χ3n) is 1.43. The summed E-state index contributed by atoms with van der Waals surface area (Å²) in [5, 5.41) is 3.06. The Balaban J connectivity index is 2.88. The monoisotopic (exact) mass is 230 g/mol. The zero-order chi connectivity index (χ0) is 10.6. The van der Waals surface area contributed by atoms with Crippen LogP contribution in [0.4, 0.5) is 0 Å². The van der Waals surface area contributed by atoms with E-state index < -0.39 is 0 Å². The lowest BCUT2D eigenvalue weighted by atomic mass is 10.3. The summed E-state index contributed by atoms with van der Waals surface area (Å²) in [5.41, 5.74) is 0.126. The van der Waals surface area contributed by atoms with Crippen molar-refractivity contribution in [2.45, 2.75) is 0 Å². The van der Waals surface area contributed by atoms with Crippen LogP contribution in [-0.4, -0.2) is 17.4 Å². The lowest BCUT2D eigenvalue weighted by Crippen LogP contribution is -2.24. The molecule has 1 aromatic rings. The Morgan fingerprint density at radius 2 is 2.29 bits per heavy atom. The van der Waals surface area contributed by atoms with Crippen LogP contribution >= 0.6 is 23.2 Å². The first-order valence-corrected chi connectivity index (χ1v) is 4.62. The van der Waals surface area contributed by atoms with Gasteiger partial charge in [-0.1, -0.05) is 29.3 Å². The fraction of sp³-hybridized carbons (Fsp3) is 0.111. The molecule has 0 unspecified atom stereocenters. The van der Waals surface area contributed by atoms with Gasteiger partial charge in [0.25, 0.3) is 5.91 Å². The Morgan fingerprint density at radius 1 is 1.57 bits per heavy atom. The van der Waals surface area contributed by atoms with Crippen LogP contribution in [0, 0.1) is 0 Å². The van der Waals surface area contributed by atoms with E-state index >= 15 is 0 Å². The van der Waals surface area contributed by atoms with Gasteiger partial charge >= 0.3 is 0 Å². The average Bonchev–Trinajstić information content (AvgIpc) is 2.18. The van der Waals surface area contributed by atoms with E-state index in [0.717, 1.165) is 0 Å². The Labute approximate surface area is 91.7 Å². The number of hydrogen-bond acceptors (Lipinski definition) is 2. The fourth-order valence-corrected chi connectivity index (χ4v) is 1.16. The van der Waals surface area contributed by atoms with E-state index in [1.807, 2.05) is 0 Å². The van der Waals surface area contributed by atoms with Gasteiger partial charge in [-0.25, -0.2) is 4.98 Å². The third-order valence-corrected chi connectivity index (χ3v) is 1.95. The van der Waals surface area contributed by atoms with Crippen LogP contribution in [0.2, 0.25) is 10.2 Å². The van der Waals surface area contributed by atoms with Gasteiger partial charge in [-0.2, -0.15) is 0 Å². The van der Waals surface area contributed by atoms with Crippen LogP contribution in [0.15, 0.2) is 24.8 Å². The van der Waals surface area contributed by atoms with Crippen molar-refractivity contribution in [1.82, 2.24) is 10.3 Å². The zero-order valence-electron chi connectivity index (χ0n) is 7.26. The smallest absolute Gasteiger partial charge is 0.271 e. The van der Waals surface area contributed by atoms with Crippen molar-refractivity contribution >= 4 is 29.1 Å². The molecule has 0 aromatic carbocycles. The van der Waals surface area contributed by atoms with Crippen molar-refractivity contribution in [3.05, 3.63) is 40.7 Å². The predicted octanol–water partition coefficient (Wildman–Crippen LogP) is 2.30. The Kier molecular flexibility index (Phi) is 3.92. The van der Waals surface area contributed by atoms with Crippen molar-refractivity contribution in [3.8, 4) is 0 Å². The first-order chi connectivity index (χ1) is 6.65. The summed E-state index contributed by atoms with van der Waals surface area (Å²) in [6, 6.07) is 3.05. The number of nitrogens with zero attached hydrogens (tertiary/aromatic N) is 1. The zero-order valence-corrected chi connectivity index (χ0v) is 8.77. The Hall–Kier alpha value is -1.06. The summed E-state index contributed by atoms with van der Waals surface area (Å²) in [5.74, 6) is -0.364. The molecule has 0 saturated heterocycles. The van der Waals surface area contributed by atoms with Crippen LogP contribution in [0.3, 0.4) is 0 Å². The minimum atomic E-state index is -0.364. The van der Waals surface area contributed by atoms with Gasteiger partial charge in [0.2, 0.25) is 0 Å². The minimum Gasteiger partial charge on any atom is -0.347 e. The molecule has 0 saturated carbocycles. The summed E-state index contributed by atoms with van der Waals surface area (Å²) in [6.07, 6.45) is 1.57. The van der Waals surface area contributed by atoms with Gasteiger partial charge in [0.05, 0.1) is 5.02 Å². The van der Waals surface area contributed by atoms with E-state index in [4.69, 9.17) is 23.2 Å². The molecule has 1 heterocycles. The molecule has 0 atom stereocenters. The molecule has 1 aromatic heterocycles. The number of rotatable bonds is 3. The summed E-state index contributed by atoms with van der Waals surface area (Å²) in [4.78, 5) is 15.2. The second-order valence-electron chi connectivity index (χ2n) is 2.46. The fourth-order valence-electron chi connectivity index (χ4n) is 0.826. The number of amides is 1. The van der Waals surface area contributed by atoms with E-state index in [-0.39, 0.29) is 21.8 Å². The standard InChI is InChI=1S/C9H8Cl2N2O/c1-2-5-12-9(14)8-6(10)3-4-7(11)13-8/h2-4H,1,5H2,(H,12,14). The van der Waals surface area contributed by atoms with Crippen LogP contribution in [0.5, 0.6) is 0 Å². The molecule has 0 spiro atoms. The van der Waals surface area contributed by atoms with Crippen molar-refractivity contribution in [1.29, 1.82) is 0 Å². The molecule has 1 rings (SSSR count). The molecule has 0 aliphatic rings. The highest BCUT2D eigenvalue weighted by atomic mass is 35.5. The quantitative estimate of drug-likeness (QED) is 0.640. The number of carbonyl (C=O) groups excluding carboxylic acids is 1. The molecular formula is C9H8Cl2N2O. The number of nitrogens with one attached hydrogen (secondary N) is 1. The Bertz CT molecular complexity index is 366. The molecule has 14 heavy (non-hydrogen) atoms. The van der Waals surface area contributed by atoms with Gasteiger partial charge in [0, 0.05) is 6.54 Å². The second kappa shape index (κ2) is 4.98. The van der Waals surface area contributed by atoms with Crippen LogP contribution in [0.25, 0.3) is 0 Å². The van der Waals surface area contributed by atoms with Crippen molar-refractivity contribution in [2.24, 2.45) is 0 Å². The van der Waals surface area contributed by atoms with E-state index in [9.17, 15) is 4.79 Å². The minimum absolute atomic E-state index is 0.126. The number of aromatic nitrogens is 1. The van der Waals surface area contributed by atoms with Gasteiger partial charge < -0.3 is 5.32 Å². The lowest BCUT2D eigenvalue weighted by Gasteiger charge is -2.03. The third kappa shape index (κ3) is 2.72. The first kappa shape index (κ1) is 11.0. The van der Waals surface area contributed by atoms with Gasteiger partial charge in [-0.15, -0.1) is 6.58 Å². The molecule has 0 aliphatic heterocycles. The second-order valence-corrected chi connectivity index (χ2v) is 3.26. The summed E-state index contributed by atoms with van der Waals surface area (Å²) >= 11 is 11.4. The predicted molar refractivity (Wildman–Crippen MR) is 56.8 cm³/mol. The molecule has 5 heteroatoms. The summed E-state index contributed by atoms with van der Waals surface area (Å²) in [6.45, 7) is 3.84. The van der Waals surface area contributed by atoms with E-state index in [1.54, 1.807) is 6.08 Å². The molecule has 1 amide bonds. The molecule has 0 aliphatic carbocycles. The molecular weight excluding hydrogens is 223 g/mol. The summed E-state index contributed by atoms with van der Waals surface area (Å²) < 4.78 is 0. The topological polar surface area (TPSA) is 42.0 Å². The van der Waals surface area contributed by atoms with E-state index in [0.29, 0.717) is 6.54 Å². The number of pyridine rings is 1. The largest absolute Gasteiger partial charge is 0.347 e. The highest BCUT2D eigenvalue weighted by Crippen LogP contribution is 2.16. The number of halogens is 2. The van der Waals surface area contributed by atoms with Gasteiger partial charge in [0.1, 0.15) is 10.8 Å².